The molecule has 134 valence electrons. The highest BCUT2D eigenvalue weighted by Crippen LogP contribution is 2.29. The third kappa shape index (κ3) is 3.75. The highest BCUT2D eigenvalue weighted by atomic mass is 32.2. The van der Waals surface area contributed by atoms with Crippen LogP contribution in [0, 0.1) is 0 Å². The molecule has 2 aromatic heterocycles. The lowest BCUT2D eigenvalue weighted by molar-refractivity contribution is 0.244. The van der Waals surface area contributed by atoms with Gasteiger partial charge in [-0.15, -0.1) is 11.3 Å². The third-order valence-corrected chi connectivity index (χ3v) is 6.02. The molecule has 0 atom stereocenters. The first kappa shape index (κ1) is 17.5. The Bertz CT molecular complexity index is 912. The average molecular weight is 385 g/mol. The zero-order chi connectivity index (χ0) is 17.9. The zero-order valence-electron chi connectivity index (χ0n) is 14.8. The zero-order valence-corrected chi connectivity index (χ0v) is 16.4. The van der Waals surface area contributed by atoms with E-state index in [0.717, 1.165) is 47.5 Å². The normalized spacial score (nSPS) is 14.2. The molecular formula is C19H20N4OS2. The maximum atomic E-state index is 5.31. The molecule has 7 heteroatoms. The first-order valence-electron chi connectivity index (χ1n) is 8.45. The standard InChI is InChI=1S/C19H20N4OS2/c1-24-15-5-3-4-13(8-15)18-20-10-16(26-18)12-23-7-6-17-14(11-23)9-21-19(22-17)25-2/h3-5,8-10H,6-7,11-12H2,1-2H3. The molecule has 0 radical (unpaired) electrons. The van der Waals surface area contributed by atoms with E-state index in [9.17, 15) is 0 Å². The van der Waals surface area contributed by atoms with Crippen LogP contribution in [0.25, 0.3) is 10.6 Å². The first-order chi connectivity index (χ1) is 12.7. The van der Waals surface area contributed by atoms with Crippen LogP contribution in [0.3, 0.4) is 0 Å². The van der Waals surface area contributed by atoms with E-state index in [2.05, 4.69) is 25.9 Å². The number of benzene rings is 1. The molecule has 26 heavy (non-hydrogen) atoms. The minimum atomic E-state index is 0.858. The molecule has 0 saturated carbocycles. The average Bonchev–Trinajstić information content (AvgIpc) is 3.16. The molecule has 0 aliphatic carbocycles. The first-order valence-corrected chi connectivity index (χ1v) is 10.5. The topological polar surface area (TPSA) is 51.1 Å². The van der Waals surface area contributed by atoms with Crippen molar-refractivity contribution in [2.24, 2.45) is 0 Å². The summed E-state index contributed by atoms with van der Waals surface area (Å²) in [4.78, 5) is 17.4. The summed E-state index contributed by atoms with van der Waals surface area (Å²) in [7, 11) is 1.69. The van der Waals surface area contributed by atoms with Gasteiger partial charge in [-0.2, -0.15) is 0 Å². The third-order valence-electron chi connectivity index (χ3n) is 4.42. The number of nitrogens with zero attached hydrogens (tertiary/aromatic N) is 4. The summed E-state index contributed by atoms with van der Waals surface area (Å²) in [5, 5.41) is 1.90. The number of thioether (sulfide) groups is 1. The number of hydrogen-bond acceptors (Lipinski definition) is 7. The van der Waals surface area contributed by atoms with Gasteiger partial charge in [0, 0.05) is 54.5 Å². The fourth-order valence-electron chi connectivity index (χ4n) is 3.08. The molecule has 3 heterocycles. The quantitative estimate of drug-likeness (QED) is 0.491. The fourth-order valence-corrected chi connectivity index (χ4v) is 4.39. The molecule has 0 spiro atoms. The smallest absolute Gasteiger partial charge is 0.187 e. The van der Waals surface area contributed by atoms with Crippen molar-refractivity contribution >= 4 is 23.1 Å². The van der Waals surface area contributed by atoms with E-state index in [1.807, 2.05) is 36.8 Å². The maximum absolute atomic E-state index is 5.31. The van der Waals surface area contributed by atoms with Gasteiger partial charge in [-0.25, -0.2) is 15.0 Å². The summed E-state index contributed by atoms with van der Waals surface area (Å²) in [6, 6.07) is 8.05. The number of aromatic nitrogens is 3. The lowest BCUT2D eigenvalue weighted by Crippen LogP contribution is -2.30. The Morgan fingerprint density at radius 3 is 3.04 bits per heavy atom. The maximum Gasteiger partial charge on any atom is 0.187 e. The van der Waals surface area contributed by atoms with E-state index in [0.29, 0.717) is 0 Å². The van der Waals surface area contributed by atoms with Gasteiger partial charge in [0.2, 0.25) is 0 Å². The van der Waals surface area contributed by atoms with Crippen LogP contribution in [-0.4, -0.2) is 39.8 Å². The minimum Gasteiger partial charge on any atom is -0.497 e. The molecule has 0 N–H and O–H groups in total. The fraction of sp³-hybridized carbons (Fsp3) is 0.316. The van der Waals surface area contributed by atoms with Crippen LogP contribution in [0.4, 0.5) is 0 Å². The predicted molar refractivity (Wildman–Crippen MR) is 106 cm³/mol. The second-order valence-corrected chi connectivity index (χ2v) is 8.04. The predicted octanol–water partition coefficient (Wildman–Crippen LogP) is 3.89. The molecule has 0 unspecified atom stereocenters. The van der Waals surface area contributed by atoms with Crippen molar-refractivity contribution in [3.05, 3.63) is 52.8 Å². The SMILES string of the molecule is COc1cccc(-c2ncc(CN3CCc4nc(SC)ncc4C3)s2)c1. The van der Waals surface area contributed by atoms with Crippen LogP contribution in [0.1, 0.15) is 16.1 Å². The number of methoxy groups -OCH3 is 1. The van der Waals surface area contributed by atoms with Crippen LogP contribution < -0.4 is 4.74 Å². The Labute approximate surface area is 161 Å². The van der Waals surface area contributed by atoms with Crippen molar-refractivity contribution in [1.82, 2.24) is 19.9 Å². The second kappa shape index (κ2) is 7.73. The largest absolute Gasteiger partial charge is 0.497 e. The molecule has 0 amide bonds. The van der Waals surface area contributed by atoms with Crippen molar-refractivity contribution in [1.29, 1.82) is 0 Å². The van der Waals surface area contributed by atoms with Crippen LogP contribution in [0.5, 0.6) is 5.75 Å². The van der Waals surface area contributed by atoms with Crippen molar-refractivity contribution < 1.29 is 4.74 Å². The Morgan fingerprint density at radius 1 is 1.27 bits per heavy atom. The van der Waals surface area contributed by atoms with Gasteiger partial charge >= 0.3 is 0 Å². The Balaban J connectivity index is 1.46. The van der Waals surface area contributed by atoms with Gasteiger partial charge in [0.05, 0.1) is 12.8 Å². The summed E-state index contributed by atoms with van der Waals surface area (Å²) in [6.07, 6.45) is 6.96. The molecule has 0 saturated heterocycles. The number of fused-ring (bicyclic) bond motifs is 1. The second-order valence-electron chi connectivity index (χ2n) is 6.15. The van der Waals surface area contributed by atoms with Crippen LogP contribution in [0.2, 0.25) is 0 Å². The molecule has 1 aliphatic rings. The summed E-state index contributed by atoms with van der Waals surface area (Å²) in [5.41, 5.74) is 3.54. The molecule has 4 rings (SSSR count). The highest BCUT2D eigenvalue weighted by molar-refractivity contribution is 7.98. The highest BCUT2D eigenvalue weighted by Gasteiger charge is 2.19. The van der Waals surface area contributed by atoms with Crippen LogP contribution in [0.15, 0.2) is 41.8 Å². The van der Waals surface area contributed by atoms with Gasteiger partial charge in [0.1, 0.15) is 10.8 Å². The lowest BCUT2D eigenvalue weighted by Gasteiger charge is -2.27. The van der Waals surface area contributed by atoms with Gasteiger partial charge in [-0.3, -0.25) is 4.90 Å². The number of rotatable bonds is 5. The minimum absolute atomic E-state index is 0.858. The molecule has 0 fully saturated rings. The Morgan fingerprint density at radius 2 is 2.19 bits per heavy atom. The molecule has 1 aromatic carbocycles. The number of thiazole rings is 1. The molecule has 3 aromatic rings. The summed E-state index contributed by atoms with van der Waals surface area (Å²) < 4.78 is 5.31. The van der Waals surface area contributed by atoms with Crippen LogP contribution >= 0.6 is 23.1 Å². The van der Waals surface area contributed by atoms with Crippen LogP contribution in [-0.2, 0) is 19.5 Å². The van der Waals surface area contributed by atoms with Gasteiger partial charge in [-0.1, -0.05) is 23.9 Å². The molecule has 0 bridgehead atoms. The molecule has 1 aliphatic heterocycles. The van der Waals surface area contributed by atoms with E-state index in [1.165, 1.54) is 16.1 Å². The Hall–Kier alpha value is -1.96. The van der Waals surface area contributed by atoms with Crippen molar-refractivity contribution in [3.63, 3.8) is 0 Å². The molecule has 5 nitrogen and oxygen atoms in total. The van der Waals surface area contributed by atoms with E-state index in [4.69, 9.17) is 4.74 Å². The summed E-state index contributed by atoms with van der Waals surface area (Å²) in [5.74, 6) is 0.858. The van der Waals surface area contributed by atoms with Gasteiger partial charge in [0.25, 0.3) is 0 Å². The van der Waals surface area contributed by atoms with Crippen molar-refractivity contribution in [2.45, 2.75) is 24.7 Å². The van der Waals surface area contributed by atoms with Gasteiger partial charge in [0.15, 0.2) is 5.16 Å². The van der Waals surface area contributed by atoms with Crippen molar-refractivity contribution in [2.75, 3.05) is 19.9 Å². The Kier molecular flexibility index (Phi) is 5.19. The van der Waals surface area contributed by atoms with E-state index in [-0.39, 0.29) is 0 Å². The monoisotopic (exact) mass is 384 g/mol. The summed E-state index contributed by atoms with van der Waals surface area (Å²) >= 11 is 3.34. The van der Waals surface area contributed by atoms with E-state index in [1.54, 1.807) is 30.2 Å². The van der Waals surface area contributed by atoms with Gasteiger partial charge < -0.3 is 4.74 Å². The van der Waals surface area contributed by atoms with Crippen molar-refractivity contribution in [3.8, 4) is 16.3 Å². The van der Waals surface area contributed by atoms with E-state index >= 15 is 0 Å². The number of hydrogen-bond donors (Lipinski definition) is 0. The van der Waals surface area contributed by atoms with Gasteiger partial charge in [-0.05, 0) is 18.4 Å². The van der Waals surface area contributed by atoms with E-state index < -0.39 is 0 Å². The summed E-state index contributed by atoms with van der Waals surface area (Å²) in [6.45, 7) is 2.83. The lowest BCUT2D eigenvalue weighted by atomic mass is 10.1. The molecular weight excluding hydrogens is 364 g/mol. The number of ether oxygens (including phenoxy) is 1.